The molecule has 0 amide bonds. The molecule has 152 valence electrons. The number of benzene rings is 2. The number of hydrogen-bond donors (Lipinski definition) is 2. The lowest BCUT2D eigenvalue weighted by Gasteiger charge is -2.16. The molecule has 0 bridgehead atoms. The number of nitrogens with zero attached hydrogens (tertiary/aromatic N) is 4. The molecule has 0 aliphatic carbocycles. The van der Waals surface area contributed by atoms with Crippen LogP contribution in [-0.4, -0.2) is 20.7 Å². The smallest absolute Gasteiger partial charge is 0.196 e. The number of fused-ring (bicyclic) bond motifs is 1. The van der Waals surface area contributed by atoms with Gasteiger partial charge in [0.25, 0.3) is 0 Å². The van der Waals surface area contributed by atoms with E-state index in [-0.39, 0.29) is 24.0 Å². The first-order valence-electron chi connectivity index (χ1n) is 9.85. The minimum Gasteiger partial charge on any atom is -0.349 e. The summed E-state index contributed by atoms with van der Waals surface area (Å²) in [5, 5.41) is 15.5. The molecule has 2 N–H and O–H groups in total. The van der Waals surface area contributed by atoms with E-state index in [1.165, 1.54) is 24.0 Å². The van der Waals surface area contributed by atoms with Crippen molar-refractivity contribution in [3.8, 4) is 0 Å². The van der Waals surface area contributed by atoms with Crippen LogP contribution in [0.2, 0.25) is 0 Å². The predicted octanol–water partition coefficient (Wildman–Crippen LogP) is 4.30. The Morgan fingerprint density at radius 3 is 2.62 bits per heavy atom. The highest BCUT2D eigenvalue weighted by Crippen LogP contribution is 2.14. The summed E-state index contributed by atoms with van der Waals surface area (Å²) in [6.07, 6.45) is 3.41. The summed E-state index contributed by atoms with van der Waals surface area (Å²) in [6.45, 7) is 4.30. The fraction of sp³-hybridized carbons (Fsp3) is 0.318. The van der Waals surface area contributed by atoms with E-state index in [1.807, 2.05) is 30.3 Å². The molecule has 0 atom stereocenters. The Labute approximate surface area is 188 Å². The maximum absolute atomic E-state index is 4.77. The number of guanidine groups is 1. The third kappa shape index (κ3) is 5.79. The quantitative estimate of drug-likeness (QED) is 0.310. The topological polar surface area (TPSA) is 67.1 Å². The molecule has 6 nitrogen and oxygen atoms in total. The molecule has 0 saturated heterocycles. The molecule has 0 fully saturated rings. The average Bonchev–Trinajstić information content (AvgIpc) is 3.15. The number of halogens is 1. The maximum atomic E-state index is 4.77. The van der Waals surface area contributed by atoms with E-state index in [2.05, 4.69) is 56.6 Å². The van der Waals surface area contributed by atoms with Gasteiger partial charge in [-0.15, -0.1) is 34.2 Å². The molecule has 1 aromatic heterocycles. The summed E-state index contributed by atoms with van der Waals surface area (Å²) in [5.74, 6) is 2.80. The molecule has 1 aliphatic rings. The van der Waals surface area contributed by atoms with Crippen molar-refractivity contribution < 1.29 is 0 Å². The molecule has 0 unspecified atom stereocenters. The van der Waals surface area contributed by atoms with E-state index in [0.717, 1.165) is 36.3 Å². The second kappa shape index (κ2) is 10.4. The van der Waals surface area contributed by atoms with Gasteiger partial charge in [-0.25, -0.2) is 4.99 Å². The van der Waals surface area contributed by atoms with Crippen molar-refractivity contribution in [1.82, 2.24) is 20.1 Å². The summed E-state index contributed by atoms with van der Waals surface area (Å²) in [6, 6.07) is 18.6. The van der Waals surface area contributed by atoms with Crippen LogP contribution in [-0.2, 0) is 26.1 Å². The minimum absolute atomic E-state index is 0. The number of aryl methyl sites for hydroxylation is 2. The molecule has 1 aliphatic heterocycles. The van der Waals surface area contributed by atoms with Crippen molar-refractivity contribution in [2.75, 3.05) is 5.32 Å². The zero-order chi connectivity index (χ0) is 19.2. The van der Waals surface area contributed by atoms with Crippen LogP contribution in [0.25, 0.3) is 0 Å². The Morgan fingerprint density at radius 2 is 1.83 bits per heavy atom. The molecule has 4 rings (SSSR count). The molecule has 0 spiro atoms. The van der Waals surface area contributed by atoms with Gasteiger partial charge in [0.05, 0.1) is 13.1 Å². The summed E-state index contributed by atoms with van der Waals surface area (Å²) in [4.78, 5) is 4.77. The Bertz CT molecular complexity index is 934. The molecule has 2 aromatic carbocycles. The first-order chi connectivity index (χ1) is 13.8. The van der Waals surface area contributed by atoms with Crippen molar-refractivity contribution in [1.29, 1.82) is 0 Å². The number of rotatable bonds is 5. The maximum Gasteiger partial charge on any atom is 0.196 e. The Morgan fingerprint density at radius 1 is 1.03 bits per heavy atom. The van der Waals surface area contributed by atoms with E-state index < -0.39 is 0 Å². The Kier molecular flexibility index (Phi) is 7.62. The molecular formula is C22H27IN6. The highest BCUT2D eigenvalue weighted by Gasteiger charge is 2.15. The van der Waals surface area contributed by atoms with Gasteiger partial charge in [0.2, 0.25) is 0 Å². The first kappa shape index (κ1) is 21.3. The summed E-state index contributed by atoms with van der Waals surface area (Å²) in [7, 11) is 0. The lowest BCUT2D eigenvalue weighted by Crippen LogP contribution is -2.32. The molecule has 7 heteroatoms. The number of anilines is 1. The number of aromatic nitrogens is 3. The Hall–Kier alpha value is -2.42. The Balaban J connectivity index is 0.00000240. The van der Waals surface area contributed by atoms with Gasteiger partial charge >= 0.3 is 0 Å². The second-order valence-corrected chi connectivity index (χ2v) is 7.14. The largest absolute Gasteiger partial charge is 0.349 e. The zero-order valence-corrected chi connectivity index (χ0v) is 19.0. The summed E-state index contributed by atoms with van der Waals surface area (Å²) < 4.78 is 2.23. The highest BCUT2D eigenvalue weighted by atomic mass is 127. The molecule has 2 heterocycles. The van der Waals surface area contributed by atoms with Crippen LogP contribution in [0.4, 0.5) is 5.69 Å². The van der Waals surface area contributed by atoms with Crippen LogP contribution in [0.15, 0.2) is 59.6 Å². The molecule has 29 heavy (non-hydrogen) atoms. The molecule has 0 radical (unpaired) electrons. The number of hydrogen-bond acceptors (Lipinski definition) is 3. The van der Waals surface area contributed by atoms with Gasteiger partial charge in [0.15, 0.2) is 11.8 Å². The van der Waals surface area contributed by atoms with E-state index in [9.17, 15) is 0 Å². The van der Waals surface area contributed by atoms with Crippen LogP contribution < -0.4 is 10.6 Å². The molecule has 0 saturated carbocycles. The minimum atomic E-state index is 0. The third-order valence-corrected chi connectivity index (χ3v) is 4.93. The van der Waals surface area contributed by atoms with Crippen molar-refractivity contribution in [2.45, 2.75) is 45.8 Å². The first-order valence-corrected chi connectivity index (χ1v) is 9.85. The fourth-order valence-corrected chi connectivity index (χ4v) is 3.32. The summed E-state index contributed by atoms with van der Waals surface area (Å²) >= 11 is 0. The van der Waals surface area contributed by atoms with E-state index in [1.54, 1.807) is 0 Å². The van der Waals surface area contributed by atoms with Gasteiger partial charge in [0, 0.05) is 18.7 Å². The van der Waals surface area contributed by atoms with Gasteiger partial charge in [-0.1, -0.05) is 48.0 Å². The monoisotopic (exact) mass is 502 g/mol. The fourth-order valence-electron chi connectivity index (χ4n) is 3.32. The van der Waals surface area contributed by atoms with Crippen molar-refractivity contribution in [3.63, 3.8) is 0 Å². The lowest BCUT2D eigenvalue weighted by molar-refractivity contribution is 0.505. The van der Waals surface area contributed by atoms with Crippen LogP contribution in [0.3, 0.4) is 0 Å². The van der Waals surface area contributed by atoms with Crippen LogP contribution in [0.5, 0.6) is 0 Å². The number of aliphatic imine (C=N–C) groups is 1. The number of para-hydroxylation sites is 1. The zero-order valence-electron chi connectivity index (χ0n) is 16.6. The second-order valence-electron chi connectivity index (χ2n) is 7.14. The average molecular weight is 502 g/mol. The summed E-state index contributed by atoms with van der Waals surface area (Å²) in [5.41, 5.74) is 3.44. The molecule has 3 aromatic rings. The van der Waals surface area contributed by atoms with Crippen LogP contribution in [0, 0.1) is 6.92 Å². The standard InChI is InChI=1S/C22H26N6.HI/c1-17-10-12-18(13-11-17)15-23-22(25-19-7-3-2-4-8-19)24-16-21-27-26-20-9-5-6-14-28(20)21;/h2-4,7-8,10-13H,5-6,9,14-16H2,1H3,(H2,23,24,25);1H. The lowest BCUT2D eigenvalue weighted by atomic mass is 10.1. The van der Waals surface area contributed by atoms with Crippen molar-refractivity contribution in [3.05, 3.63) is 77.4 Å². The number of nitrogens with one attached hydrogen (secondary N) is 2. The predicted molar refractivity (Wildman–Crippen MR) is 128 cm³/mol. The van der Waals surface area contributed by atoms with Crippen LogP contribution >= 0.6 is 24.0 Å². The van der Waals surface area contributed by atoms with E-state index in [0.29, 0.717) is 13.1 Å². The molecular weight excluding hydrogens is 475 g/mol. The van der Waals surface area contributed by atoms with Gasteiger partial charge in [-0.05, 0) is 37.5 Å². The van der Waals surface area contributed by atoms with E-state index >= 15 is 0 Å². The van der Waals surface area contributed by atoms with Gasteiger partial charge < -0.3 is 15.2 Å². The van der Waals surface area contributed by atoms with Gasteiger partial charge in [0.1, 0.15) is 5.82 Å². The SMILES string of the molecule is Cc1ccc(CN=C(NCc2nnc3n2CCCC3)Nc2ccccc2)cc1.I. The van der Waals surface area contributed by atoms with Gasteiger partial charge in [-0.2, -0.15) is 0 Å². The third-order valence-electron chi connectivity index (χ3n) is 4.93. The van der Waals surface area contributed by atoms with Crippen molar-refractivity contribution in [2.24, 2.45) is 4.99 Å². The van der Waals surface area contributed by atoms with Crippen LogP contribution in [0.1, 0.15) is 35.6 Å². The highest BCUT2D eigenvalue weighted by molar-refractivity contribution is 14.0. The van der Waals surface area contributed by atoms with Gasteiger partial charge in [-0.3, -0.25) is 0 Å². The van der Waals surface area contributed by atoms with E-state index in [4.69, 9.17) is 4.99 Å². The normalized spacial score (nSPS) is 13.3. The van der Waals surface area contributed by atoms with Crippen molar-refractivity contribution >= 4 is 35.6 Å².